The van der Waals surface area contributed by atoms with E-state index in [4.69, 9.17) is 4.74 Å². The normalized spacial score (nSPS) is 8.00. The first-order chi connectivity index (χ1) is 4.41. The summed E-state index contributed by atoms with van der Waals surface area (Å²) in [4.78, 5) is 0. The summed E-state index contributed by atoms with van der Waals surface area (Å²) in [7, 11) is 1.72. The fourth-order valence-corrected chi connectivity index (χ4v) is 0.165. The van der Waals surface area contributed by atoms with Gasteiger partial charge in [0.1, 0.15) is 0 Å². The fraction of sp³-hybridized carbons (Fsp3) is 0.833. The summed E-state index contributed by atoms with van der Waals surface area (Å²) in [5.41, 5.74) is 2.55. The highest BCUT2D eigenvalue weighted by atomic mass is 16.5. The molecule has 0 aromatic rings. The Morgan fingerprint density at radius 3 is 2.44 bits per heavy atom. The quantitative estimate of drug-likeness (QED) is 0.356. The molecule has 0 atom stereocenters. The van der Waals surface area contributed by atoms with Crippen molar-refractivity contribution in [1.82, 2.24) is 5.43 Å². The van der Waals surface area contributed by atoms with Gasteiger partial charge in [0.2, 0.25) is 0 Å². The Morgan fingerprint density at radius 1 is 1.56 bits per heavy atom. The van der Waals surface area contributed by atoms with E-state index in [0.29, 0.717) is 6.61 Å². The molecule has 0 saturated heterocycles. The molecule has 0 aliphatic carbocycles. The van der Waals surface area contributed by atoms with Crippen LogP contribution in [-0.4, -0.2) is 20.1 Å². The third kappa shape index (κ3) is 18.9. The Bertz CT molecular complexity index is 55.0. The summed E-state index contributed by atoms with van der Waals surface area (Å²) in [6, 6.07) is 0. The van der Waals surface area contributed by atoms with Crippen LogP contribution in [0.25, 0.3) is 0 Å². The maximum atomic E-state index is 4.72. The van der Waals surface area contributed by atoms with Crippen LogP contribution in [-0.2, 0) is 4.74 Å². The molecular weight excluding hydrogens is 116 g/mol. The van der Waals surface area contributed by atoms with Gasteiger partial charge in [0.15, 0.2) is 6.40 Å². The second kappa shape index (κ2) is 15.7. The van der Waals surface area contributed by atoms with Gasteiger partial charge in [-0.3, -0.25) is 0 Å². The summed E-state index contributed by atoms with van der Waals surface area (Å²) in [5.74, 6) is 0. The summed E-state index contributed by atoms with van der Waals surface area (Å²) in [6.07, 6.45) is 1.38. The van der Waals surface area contributed by atoms with Crippen molar-refractivity contribution >= 4 is 6.40 Å². The minimum atomic E-state index is 0.672. The second-order valence-corrected chi connectivity index (χ2v) is 0.913. The topological polar surface area (TPSA) is 33.6 Å². The van der Waals surface area contributed by atoms with Crippen molar-refractivity contribution < 1.29 is 4.74 Å². The van der Waals surface area contributed by atoms with Crippen LogP contribution < -0.4 is 5.43 Å². The maximum Gasteiger partial charge on any atom is 0.192 e. The molecule has 3 heteroatoms. The molecule has 1 N–H and O–H groups in total. The van der Waals surface area contributed by atoms with Gasteiger partial charge in [0.25, 0.3) is 0 Å². The number of ether oxygens (including phenoxy) is 1. The van der Waals surface area contributed by atoms with E-state index < -0.39 is 0 Å². The molecule has 0 aromatic heterocycles. The first-order valence-electron chi connectivity index (χ1n) is 3.21. The first-order valence-corrected chi connectivity index (χ1v) is 3.21. The van der Waals surface area contributed by atoms with E-state index in [2.05, 4.69) is 10.5 Å². The zero-order valence-corrected chi connectivity index (χ0v) is 6.64. The predicted octanol–water partition coefficient (Wildman–Crippen LogP) is 1.21. The van der Waals surface area contributed by atoms with Crippen molar-refractivity contribution in [2.75, 3.05) is 13.7 Å². The second-order valence-electron chi connectivity index (χ2n) is 0.913. The average molecular weight is 132 g/mol. The molecule has 0 bridgehead atoms. The van der Waals surface area contributed by atoms with Crippen molar-refractivity contribution in [2.45, 2.75) is 20.8 Å². The minimum absolute atomic E-state index is 0.672. The van der Waals surface area contributed by atoms with Gasteiger partial charge in [-0.2, -0.15) is 5.10 Å². The molecule has 0 amide bonds. The molecule has 0 radical (unpaired) electrons. The van der Waals surface area contributed by atoms with Crippen LogP contribution in [0.3, 0.4) is 0 Å². The number of nitrogens with one attached hydrogen (secondary N) is 1. The monoisotopic (exact) mass is 132 g/mol. The molecule has 0 fully saturated rings. The smallest absolute Gasteiger partial charge is 0.192 e. The molecule has 9 heavy (non-hydrogen) atoms. The van der Waals surface area contributed by atoms with Gasteiger partial charge in [0, 0.05) is 7.05 Å². The zero-order valence-electron chi connectivity index (χ0n) is 6.64. The molecular formula is C6H16N2O. The standard InChI is InChI=1S/C4H10N2O.C2H6/c1-3-7-4-6-5-2;1-2/h4-5H,3H2,1-2H3;1-2H3/b6-4-;. The van der Waals surface area contributed by atoms with Crippen LogP contribution in [0.5, 0.6) is 0 Å². The molecule has 0 heterocycles. The van der Waals surface area contributed by atoms with Crippen molar-refractivity contribution in [1.29, 1.82) is 0 Å². The summed E-state index contributed by atoms with van der Waals surface area (Å²) in [6.45, 7) is 6.58. The van der Waals surface area contributed by atoms with Crippen molar-refractivity contribution in [2.24, 2.45) is 5.10 Å². The molecule has 56 valence electrons. The van der Waals surface area contributed by atoms with Gasteiger partial charge >= 0.3 is 0 Å². The molecule has 3 nitrogen and oxygen atoms in total. The Labute approximate surface area is 57.1 Å². The van der Waals surface area contributed by atoms with Crippen molar-refractivity contribution in [3.63, 3.8) is 0 Å². The molecule has 0 saturated carbocycles. The van der Waals surface area contributed by atoms with Crippen LogP contribution in [0.15, 0.2) is 5.10 Å². The lowest BCUT2D eigenvalue weighted by atomic mass is 10.9. The molecule has 0 aromatic carbocycles. The lowest BCUT2D eigenvalue weighted by Crippen LogP contribution is -1.95. The van der Waals surface area contributed by atoms with Gasteiger partial charge in [0.05, 0.1) is 6.61 Å². The average Bonchev–Trinajstić information content (AvgIpc) is 1.94. The number of hydrazone groups is 1. The zero-order chi connectivity index (χ0) is 7.54. The number of hydrogen-bond acceptors (Lipinski definition) is 3. The first kappa shape index (κ1) is 11.1. The van der Waals surface area contributed by atoms with Crippen molar-refractivity contribution in [3.8, 4) is 0 Å². The molecule has 0 rings (SSSR count). The highest BCUT2D eigenvalue weighted by Crippen LogP contribution is 1.60. The Morgan fingerprint density at radius 2 is 2.11 bits per heavy atom. The molecule has 0 unspecified atom stereocenters. The maximum absolute atomic E-state index is 4.72. The van der Waals surface area contributed by atoms with Crippen LogP contribution in [0.1, 0.15) is 20.8 Å². The van der Waals surface area contributed by atoms with Gasteiger partial charge in [-0.15, -0.1) is 0 Å². The third-order valence-electron chi connectivity index (χ3n) is 0.423. The van der Waals surface area contributed by atoms with Crippen LogP contribution in [0, 0.1) is 0 Å². The minimum Gasteiger partial charge on any atom is -0.482 e. The summed E-state index contributed by atoms with van der Waals surface area (Å²) < 4.78 is 4.72. The highest BCUT2D eigenvalue weighted by molar-refractivity contribution is 5.45. The van der Waals surface area contributed by atoms with E-state index in [1.54, 1.807) is 7.05 Å². The lowest BCUT2D eigenvalue weighted by molar-refractivity contribution is 0.341. The predicted molar refractivity (Wildman–Crippen MR) is 40.5 cm³/mol. The van der Waals surface area contributed by atoms with Gasteiger partial charge in [-0.1, -0.05) is 13.8 Å². The van der Waals surface area contributed by atoms with Crippen LogP contribution in [0.4, 0.5) is 0 Å². The largest absolute Gasteiger partial charge is 0.482 e. The molecule has 0 aliphatic heterocycles. The highest BCUT2D eigenvalue weighted by Gasteiger charge is 1.63. The number of hydrogen-bond donors (Lipinski definition) is 1. The van der Waals surface area contributed by atoms with Gasteiger partial charge in [-0.25, -0.2) is 0 Å². The molecule has 0 spiro atoms. The van der Waals surface area contributed by atoms with Crippen LogP contribution >= 0.6 is 0 Å². The summed E-state index contributed by atoms with van der Waals surface area (Å²) in [5, 5.41) is 3.56. The number of rotatable bonds is 3. The van der Waals surface area contributed by atoms with E-state index in [-0.39, 0.29) is 0 Å². The fourth-order valence-electron chi connectivity index (χ4n) is 0.165. The van der Waals surface area contributed by atoms with Gasteiger partial charge < -0.3 is 10.2 Å². The Kier molecular flexibility index (Phi) is 19.4. The summed E-state index contributed by atoms with van der Waals surface area (Å²) >= 11 is 0. The van der Waals surface area contributed by atoms with E-state index in [1.807, 2.05) is 20.8 Å². The SMILES string of the molecule is CC.CCO/C=N\NC. The van der Waals surface area contributed by atoms with Crippen molar-refractivity contribution in [3.05, 3.63) is 0 Å². The lowest BCUT2D eigenvalue weighted by Gasteiger charge is -1.88. The van der Waals surface area contributed by atoms with E-state index in [1.165, 1.54) is 6.40 Å². The van der Waals surface area contributed by atoms with E-state index in [9.17, 15) is 0 Å². The van der Waals surface area contributed by atoms with Crippen LogP contribution in [0.2, 0.25) is 0 Å². The molecule has 0 aliphatic rings. The Hall–Kier alpha value is -0.730. The number of nitrogens with zero attached hydrogens (tertiary/aromatic N) is 1. The Balaban J connectivity index is 0. The van der Waals surface area contributed by atoms with E-state index >= 15 is 0 Å². The van der Waals surface area contributed by atoms with Gasteiger partial charge in [-0.05, 0) is 6.92 Å². The van der Waals surface area contributed by atoms with E-state index in [0.717, 1.165) is 0 Å². The third-order valence-corrected chi connectivity index (χ3v) is 0.423.